The summed E-state index contributed by atoms with van der Waals surface area (Å²) < 4.78 is 5.38. The Morgan fingerprint density at radius 1 is 0.906 bits per heavy atom. The van der Waals surface area contributed by atoms with Gasteiger partial charge in [-0.05, 0) is 48.7 Å². The van der Waals surface area contributed by atoms with E-state index < -0.39 is 0 Å². The van der Waals surface area contributed by atoms with Gasteiger partial charge < -0.3 is 15.0 Å². The molecule has 5 nitrogen and oxygen atoms in total. The van der Waals surface area contributed by atoms with Gasteiger partial charge in [-0.2, -0.15) is 0 Å². The van der Waals surface area contributed by atoms with Crippen molar-refractivity contribution in [3.05, 3.63) is 89.5 Å². The Bertz CT molecular complexity index is 1060. The molecule has 5 heteroatoms. The van der Waals surface area contributed by atoms with Gasteiger partial charge in [-0.3, -0.25) is 9.69 Å². The van der Waals surface area contributed by atoms with E-state index in [9.17, 15) is 4.79 Å². The Labute approximate surface area is 190 Å². The van der Waals surface area contributed by atoms with Gasteiger partial charge in [-0.1, -0.05) is 48.5 Å². The van der Waals surface area contributed by atoms with Crippen LogP contribution in [-0.2, 0) is 4.79 Å². The lowest BCUT2D eigenvalue weighted by molar-refractivity contribution is -0.121. The quantitative estimate of drug-likeness (QED) is 0.611. The Morgan fingerprint density at radius 2 is 1.66 bits per heavy atom. The van der Waals surface area contributed by atoms with Crippen LogP contribution in [0.25, 0.3) is 0 Å². The summed E-state index contributed by atoms with van der Waals surface area (Å²) in [7, 11) is 1.69. The predicted octanol–water partition coefficient (Wildman–Crippen LogP) is 4.81. The molecule has 0 spiro atoms. The van der Waals surface area contributed by atoms with Crippen molar-refractivity contribution in [2.24, 2.45) is 0 Å². The van der Waals surface area contributed by atoms with Crippen molar-refractivity contribution in [1.82, 2.24) is 4.90 Å². The molecule has 1 amide bonds. The van der Waals surface area contributed by atoms with Gasteiger partial charge in [0.25, 0.3) is 0 Å². The summed E-state index contributed by atoms with van der Waals surface area (Å²) in [5, 5.41) is 3.19. The van der Waals surface area contributed by atoms with E-state index in [4.69, 9.17) is 4.74 Å². The van der Waals surface area contributed by atoms with Gasteiger partial charge in [0.05, 0.1) is 7.11 Å². The first kappa shape index (κ1) is 21.9. The van der Waals surface area contributed by atoms with Gasteiger partial charge in [0, 0.05) is 43.6 Å². The molecular formula is C27H31N3O2. The molecule has 1 atom stereocenters. The molecule has 0 saturated carbocycles. The summed E-state index contributed by atoms with van der Waals surface area (Å²) in [4.78, 5) is 18.2. The van der Waals surface area contributed by atoms with Crippen molar-refractivity contribution < 1.29 is 9.53 Å². The van der Waals surface area contributed by atoms with E-state index in [1.54, 1.807) is 7.11 Å². The molecule has 1 fully saturated rings. The molecule has 1 heterocycles. The zero-order chi connectivity index (χ0) is 22.5. The Hall–Kier alpha value is -3.31. The number of nitrogens with zero attached hydrogens (tertiary/aromatic N) is 2. The monoisotopic (exact) mass is 429 g/mol. The number of amides is 1. The fraction of sp³-hybridized carbons (Fsp3) is 0.296. The molecule has 1 aliphatic rings. The fourth-order valence-electron chi connectivity index (χ4n) is 4.28. The molecule has 1 saturated heterocycles. The van der Waals surface area contributed by atoms with Gasteiger partial charge in [0.15, 0.2) is 0 Å². The first-order chi connectivity index (χ1) is 15.5. The number of anilines is 2. The van der Waals surface area contributed by atoms with E-state index in [-0.39, 0.29) is 11.9 Å². The Balaban J connectivity index is 1.53. The highest BCUT2D eigenvalue weighted by atomic mass is 16.5. The highest BCUT2D eigenvalue weighted by molar-refractivity contribution is 5.96. The summed E-state index contributed by atoms with van der Waals surface area (Å²) in [6.07, 6.45) is 0. The van der Waals surface area contributed by atoms with Crippen LogP contribution in [0.3, 0.4) is 0 Å². The van der Waals surface area contributed by atoms with E-state index in [0.717, 1.165) is 60.0 Å². The third-order valence-electron chi connectivity index (χ3n) is 6.11. The number of carbonyl (C=O) groups is 1. The number of benzene rings is 3. The number of aryl methyl sites for hydroxylation is 2. The zero-order valence-electron chi connectivity index (χ0n) is 19.0. The molecule has 0 bridgehead atoms. The van der Waals surface area contributed by atoms with E-state index in [1.807, 2.05) is 62.4 Å². The van der Waals surface area contributed by atoms with E-state index in [1.165, 1.54) is 0 Å². The van der Waals surface area contributed by atoms with E-state index >= 15 is 0 Å². The summed E-state index contributed by atoms with van der Waals surface area (Å²) in [5.74, 6) is 0.875. The van der Waals surface area contributed by atoms with Gasteiger partial charge in [0.2, 0.25) is 5.91 Å². The number of hydrogen-bond acceptors (Lipinski definition) is 4. The Morgan fingerprint density at radius 3 is 2.38 bits per heavy atom. The zero-order valence-corrected chi connectivity index (χ0v) is 19.0. The van der Waals surface area contributed by atoms with Crippen LogP contribution in [0.5, 0.6) is 5.75 Å². The van der Waals surface area contributed by atoms with Crippen LogP contribution in [0.1, 0.15) is 22.7 Å². The second-order valence-corrected chi connectivity index (χ2v) is 8.35. The van der Waals surface area contributed by atoms with Crippen molar-refractivity contribution in [3.8, 4) is 5.75 Å². The third kappa shape index (κ3) is 4.94. The molecule has 0 aliphatic carbocycles. The van der Waals surface area contributed by atoms with Crippen LogP contribution in [0.4, 0.5) is 11.4 Å². The van der Waals surface area contributed by atoms with Crippen LogP contribution in [0, 0.1) is 13.8 Å². The largest absolute Gasteiger partial charge is 0.497 e. The number of carbonyl (C=O) groups excluding carboxylic acids is 1. The van der Waals surface area contributed by atoms with Crippen molar-refractivity contribution in [3.63, 3.8) is 0 Å². The van der Waals surface area contributed by atoms with Crippen LogP contribution in [-0.4, -0.2) is 44.1 Å². The minimum atomic E-state index is -0.330. The number of hydrogen-bond donors (Lipinski definition) is 1. The number of methoxy groups -OCH3 is 1. The van der Waals surface area contributed by atoms with Gasteiger partial charge in [0.1, 0.15) is 11.8 Å². The average Bonchev–Trinajstić information content (AvgIpc) is 2.83. The summed E-state index contributed by atoms with van der Waals surface area (Å²) in [5.41, 5.74) is 5.25. The van der Waals surface area contributed by atoms with Crippen molar-refractivity contribution >= 4 is 17.3 Å². The first-order valence-electron chi connectivity index (χ1n) is 11.1. The number of piperazine rings is 1. The topological polar surface area (TPSA) is 44.8 Å². The second-order valence-electron chi connectivity index (χ2n) is 8.35. The van der Waals surface area contributed by atoms with Crippen molar-refractivity contribution in [1.29, 1.82) is 0 Å². The van der Waals surface area contributed by atoms with Crippen LogP contribution >= 0.6 is 0 Å². The number of nitrogens with one attached hydrogen (secondary N) is 1. The molecule has 4 rings (SSSR count). The lowest BCUT2D eigenvalue weighted by Gasteiger charge is -2.40. The first-order valence-corrected chi connectivity index (χ1v) is 11.1. The normalized spacial score (nSPS) is 15.3. The molecule has 0 radical (unpaired) electrons. The summed E-state index contributed by atoms with van der Waals surface area (Å²) in [6.45, 7) is 7.38. The maximum atomic E-state index is 13.5. The molecule has 3 aromatic carbocycles. The molecule has 32 heavy (non-hydrogen) atoms. The third-order valence-corrected chi connectivity index (χ3v) is 6.11. The maximum Gasteiger partial charge on any atom is 0.246 e. The van der Waals surface area contributed by atoms with Crippen molar-refractivity contribution in [2.45, 2.75) is 19.9 Å². The minimum absolute atomic E-state index is 0.0136. The van der Waals surface area contributed by atoms with Crippen molar-refractivity contribution in [2.75, 3.05) is 43.5 Å². The molecule has 166 valence electrons. The number of rotatable bonds is 6. The van der Waals surface area contributed by atoms with Crippen LogP contribution < -0.4 is 15.0 Å². The molecular weight excluding hydrogens is 398 g/mol. The van der Waals surface area contributed by atoms with Gasteiger partial charge in [-0.15, -0.1) is 0 Å². The SMILES string of the molecule is COc1cccc(N2CCN([C@@H](C(=O)Nc3cc(C)ccc3C)c3ccccc3)CC2)c1. The fourth-order valence-corrected chi connectivity index (χ4v) is 4.28. The van der Waals surface area contributed by atoms with E-state index in [0.29, 0.717) is 0 Å². The molecule has 0 unspecified atom stereocenters. The summed E-state index contributed by atoms with van der Waals surface area (Å²) in [6, 6.07) is 24.1. The van der Waals surface area contributed by atoms with Crippen LogP contribution in [0.15, 0.2) is 72.8 Å². The molecule has 0 aromatic heterocycles. The minimum Gasteiger partial charge on any atom is -0.497 e. The van der Waals surface area contributed by atoms with E-state index in [2.05, 4.69) is 39.4 Å². The second kappa shape index (κ2) is 9.88. The van der Waals surface area contributed by atoms with Crippen LogP contribution in [0.2, 0.25) is 0 Å². The lowest BCUT2D eigenvalue weighted by Crippen LogP contribution is -2.50. The molecule has 3 aromatic rings. The average molecular weight is 430 g/mol. The maximum absolute atomic E-state index is 13.5. The molecule has 1 aliphatic heterocycles. The highest BCUT2D eigenvalue weighted by Gasteiger charge is 2.31. The predicted molar refractivity (Wildman–Crippen MR) is 131 cm³/mol. The highest BCUT2D eigenvalue weighted by Crippen LogP contribution is 2.28. The summed E-state index contributed by atoms with van der Waals surface area (Å²) >= 11 is 0. The number of ether oxygens (including phenoxy) is 1. The molecule has 1 N–H and O–H groups in total. The standard InChI is InChI=1S/C27H31N3O2/c1-20-12-13-21(2)25(18-20)28-27(31)26(22-8-5-4-6-9-22)30-16-14-29(15-17-30)23-10-7-11-24(19-23)32-3/h4-13,18-19,26H,14-17H2,1-3H3,(H,28,31)/t26-/m1/s1. The lowest BCUT2D eigenvalue weighted by atomic mass is 10.0. The smallest absolute Gasteiger partial charge is 0.246 e. The Kier molecular flexibility index (Phi) is 6.76. The van der Waals surface area contributed by atoms with Gasteiger partial charge >= 0.3 is 0 Å². The van der Waals surface area contributed by atoms with Gasteiger partial charge in [-0.25, -0.2) is 0 Å².